The Balaban J connectivity index is 2.65. The third-order valence-corrected chi connectivity index (χ3v) is 3.26. The van der Waals surface area contributed by atoms with E-state index >= 15 is 0 Å². The van der Waals surface area contributed by atoms with Crippen LogP contribution in [-0.4, -0.2) is 23.0 Å². The second-order valence-electron chi connectivity index (χ2n) is 4.41. The number of hydrogen-bond acceptors (Lipinski definition) is 4. The lowest BCUT2D eigenvalue weighted by Crippen LogP contribution is -2.35. The molecule has 0 fully saturated rings. The van der Waals surface area contributed by atoms with E-state index in [2.05, 4.69) is 5.09 Å². The number of rotatable bonds is 6. The van der Waals surface area contributed by atoms with Crippen molar-refractivity contribution < 1.29 is 27.9 Å². The molecule has 112 valence electrons. The Labute approximate surface area is 116 Å². The minimum atomic E-state index is -4.31. The molecule has 8 heteroatoms. The first-order valence-corrected chi connectivity index (χ1v) is 7.53. The van der Waals surface area contributed by atoms with E-state index in [-0.39, 0.29) is 11.9 Å². The third-order valence-electron chi connectivity index (χ3n) is 2.09. The molecule has 0 aromatic heterocycles. The van der Waals surface area contributed by atoms with E-state index in [1.807, 2.05) is 0 Å². The van der Waals surface area contributed by atoms with Gasteiger partial charge in [-0.2, -0.15) is 5.09 Å². The average Bonchev–Trinajstić information content (AvgIpc) is 2.26. The number of carbonyl (C=O) groups is 1. The second-order valence-corrected chi connectivity index (χ2v) is 5.89. The van der Waals surface area contributed by atoms with E-state index in [4.69, 9.17) is 9.26 Å². The Bertz CT molecular complexity index is 522. The minimum Gasteiger partial charge on any atom is -0.462 e. The standard InChI is InChI=1S/C12H17FNO5P/c1-8(2)18-12(15)9(3)14-20(16,17)19-11-6-4-5-10(13)7-11/h4-9H,1-3H3,(H2,14,16,17)/t9-/m0/s1. The highest BCUT2D eigenvalue weighted by molar-refractivity contribution is 7.51. The Kier molecular flexibility index (Phi) is 5.68. The Hall–Kier alpha value is -1.43. The lowest BCUT2D eigenvalue weighted by Gasteiger charge is -2.19. The van der Waals surface area contributed by atoms with Crippen LogP contribution in [0.4, 0.5) is 4.39 Å². The number of esters is 1. The number of nitrogens with one attached hydrogen (secondary N) is 1. The summed E-state index contributed by atoms with van der Waals surface area (Å²) in [5, 5.41) is 2.12. The second kappa shape index (κ2) is 6.83. The van der Waals surface area contributed by atoms with Gasteiger partial charge in [-0.1, -0.05) is 6.07 Å². The zero-order valence-corrected chi connectivity index (χ0v) is 12.3. The minimum absolute atomic E-state index is 0.118. The van der Waals surface area contributed by atoms with Gasteiger partial charge in [0.1, 0.15) is 17.6 Å². The number of ether oxygens (including phenoxy) is 1. The van der Waals surface area contributed by atoms with E-state index in [1.54, 1.807) is 13.8 Å². The van der Waals surface area contributed by atoms with E-state index in [0.717, 1.165) is 6.07 Å². The van der Waals surface area contributed by atoms with Crippen molar-refractivity contribution in [3.05, 3.63) is 30.1 Å². The molecule has 0 spiro atoms. The topological polar surface area (TPSA) is 84.9 Å². The van der Waals surface area contributed by atoms with Gasteiger partial charge in [-0.25, -0.2) is 8.96 Å². The fraction of sp³-hybridized carbons (Fsp3) is 0.417. The molecule has 0 aliphatic rings. The summed E-state index contributed by atoms with van der Waals surface area (Å²) in [5.41, 5.74) is 0. The van der Waals surface area contributed by atoms with Gasteiger partial charge in [0.25, 0.3) is 0 Å². The molecular weight excluding hydrogens is 288 g/mol. The molecule has 0 bridgehead atoms. The van der Waals surface area contributed by atoms with Crippen LogP contribution in [0.15, 0.2) is 24.3 Å². The van der Waals surface area contributed by atoms with Gasteiger partial charge in [0.05, 0.1) is 6.10 Å². The Morgan fingerprint density at radius 3 is 2.60 bits per heavy atom. The Morgan fingerprint density at radius 2 is 2.05 bits per heavy atom. The van der Waals surface area contributed by atoms with Gasteiger partial charge >= 0.3 is 13.7 Å². The molecule has 1 unspecified atom stereocenters. The number of carbonyl (C=O) groups excluding carboxylic acids is 1. The van der Waals surface area contributed by atoms with Crippen LogP contribution in [0, 0.1) is 5.82 Å². The molecular formula is C12H17FNO5P. The molecule has 1 aromatic rings. The molecule has 1 aromatic carbocycles. The molecule has 0 heterocycles. The van der Waals surface area contributed by atoms with Gasteiger partial charge in [0.2, 0.25) is 0 Å². The fourth-order valence-electron chi connectivity index (χ4n) is 1.32. The summed E-state index contributed by atoms with van der Waals surface area (Å²) in [6, 6.07) is 3.75. The van der Waals surface area contributed by atoms with E-state index in [1.165, 1.54) is 25.1 Å². The first-order chi connectivity index (χ1) is 9.19. The number of benzene rings is 1. The van der Waals surface area contributed by atoms with Gasteiger partial charge in [0, 0.05) is 6.07 Å². The zero-order chi connectivity index (χ0) is 15.3. The summed E-state index contributed by atoms with van der Waals surface area (Å²) in [6.45, 7) is 4.68. The smallest absolute Gasteiger partial charge is 0.456 e. The first-order valence-electron chi connectivity index (χ1n) is 5.96. The summed E-state index contributed by atoms with van der Waals surface area (Å²) < 4.78 is 34.4. The van der Waals surface area contributed by atoms with Crippen molar-refractivity contribution in [2.75, 3.05) is 0 Å². The van der Waals surface area contributed by atoms with Crippen LogP contribution in [0.25, 0.3) is 0 Å². The van der Waals surface area contributed by atoms with Gasteiger partial charge in [-0.3, -0.25) is 4.79 Å². The van der Waals surface area contributed by atoms with Gasteiger partial charge in [-0.15, -0.1) is 0 Å². The van der Waals surface area contributed by atoms with Crippen molar-refractivity contribution in [3.8, 4) is 5.75 Å². The number of halogens is 1. The van der Waals surface area contributed by atoms with Crippen LogP contribution in [0.2, 0.25) is 0 Å². The van der Waals surface area contributed by atoms with Crippen molar-refractivity contribution in [1.29, 1.82) is 0 Å². The monoisotopic (exact) mass is 305 g/mol. The predicted molar refractivity (Wildman–Crippen MR) is 70.7 cm³/mol. The maximum absolute atomic E-state index is 12.9. The maximum atomic E-state index is 12.9. The molecule has 6 nitrogen and oxygen atoms in total. The third kappa shape index (κ3) is 5.69. The molecule has 0 saturated carbocycles. The fourth-order valence-corrected chi connectivity index (χ4v) is 2.37. The molecule has 2 atom stereocenters. The highest BCUT2D eigenvalue weighted by Crippen LogP contribution is 2.38. The zero-order valence-electron chi connectivity index (χ0n) is 11.4. The number of hydrogen-bond donors (Lipinski definition) is 2. The van der Waals surface area contributed by atoms with Gasteiger partial charge in [0.15, 0.2) is 0 Å². The molecule has 2 N–H and O–H groups in total. The highest BCUT2D eigenvalue weighted by atomic mass is 31.2. The molecule has 20 heavy (non-hydrogen) atoms. The van der Waals surface area contributed by atoms with Gasteiger partial charge in [-0.05, 0) is 32.9 Å². The van der Waals surface area contributed by atoms with Crippen molar-refractivity contribution in [2.45, 2.75) is 32.9 Å². The lowest BCUT2D eigenvalue weighted by molar-refractivity contribution is -0.149. The van der Waals surface area contributed by atoms with E-state index in [9.17, 15) is 18.6 Å². The van der Waals surface area contributed by atoms with E-state index in [0.29, 0.717) is 0 Å². The van der Waals surface area contributed by atoms with Crippen LogP contribution in [-0.2, 0) is 14.1 Å². The van der Waals surface area contributed by atoms with Crippen LogP contribution < -0.4 is 9.61 Å². The molecule has 0 aliphatic carbocycles. The molecule has 1 rings (SSSR count). The van der Waals surface area contributed by atoms with Crippen molar-refractivity contribution >= 4 is 13.7 Å². The average molecular weight is 305 g/mol. The quantitative estimate of drug-likeness (QED) is 0.619. The largest absolute Gasteiger partial charge is 0.462 e. The summed E-state index contributed by atoms with van der Waals surface area (Å²) in [6.07, 6.45) is -0.339. The van der Waals surface area contributed by atoms with Crippen LogP contribution >= 0.6 is 7.75 Å². The SMILES string of the molecule is CC(C)OC(=O)[C@H](C)NP(=O)(O)Oc1cccc(F)c1. The summed E-state index contributed by atoms with van der Waals surface area (Å²) in [4.78, 5) is 21.1. The van der Waals surface area contributed by atoms with Crippen LogP contribution in [0.1, 0.15) is 20.8 Å². The van der Waals surface area contributed by atoms with Gasteiger partial charge < -0.3 is 14.2 Å². The molecule has 0 amide bonds. The highest BCUT2D eigenvalue weighted by Gasteiger charge is 2.28. The van der Waals surface area contributed by atoms with Crippen LogP contribution in [0.3, 0.4) is 0 Å². The predicted octanol–water partition coefficient (Wildman–Crippen LogP) is 2.23. The maximum Gasteiger partial charge on any atom is 0.456 e. The van der Waals surface area contributed by atoms with Crippen molar-refractivity contribution in [1.82, 2.24) is 5.09 Å². The molecule has 0 aliphatic heterocycles. The van der Waals surface area contributed by atoms with Crippen LogP contribution in [0.5, 0.6) is 5.75 Å². The summed E-state index contributed by atoms with van der Waals surface area (Å²) in [5.74, 6) is -1.40. The molecule has 0 saturated heterocycles. The lowest BCUT2D eigenvalue weighted by atomic mass is 10.3. The molecule has 0 radical (unpaired) electrons. The Morgan fingerprint density at radius 1 is 1.40 bits per heavy atom. The van der Waals surface area contributed by atoms with Crippen molar-refractivity contribution in [2.24, 2.45) is 0 Å². The first kappa shape index (κ1) is 16.6. The van der Waals surface area contributed by atoms with Crippen molar-refractivity contribution in [3.63, 3.8) is 0 Å². The normalized spacial score (nSPS) is 15.5. The summed E-state index contributed by atoms with van der Waals surface area (Å²) >= 11 is 0. The summed E-state index contributed by atoms with van der Waals surface area (Å²) in [7, 11) is -4.31. The van der Waals surface area contributed by atoms with E-state index < -0.39 is 25.6 Å².